The standard InChI is InChI=1S/C15H9ClF3N3OS/c16-11-3-1-9(6-20)12(5-11)22-13(23)8-24-14-4-2-10(7-21-14)15(17,18)19/h1-5,7H,8H2,(H,22,23). The van der Waals surface area contributed by atoms with Crippen LogP contribution in [0.2, 0.25) is 5.02 Å². The van der Waals surface area contributed by atoms with E-state index >= 15 is 0 Å². The van der Waals surface area contributed by atoms with Crippen molar-refractivity contribution in [2.24, 2.45) is 0 Å². The van der Waals surface area contributed by atoms with Crippen molar-refractivity contribution < 1.29 is 18.0 Å². The molecular weight excluding hydrogens is 363 g/mol. The molecule has 2 rings (SSSR count). The van der Waals surface area contributed by atoms with E-state index in [2.05, 4.69) is 10.3 Å². The Morgan fingerprint density at radius 3 is 2.67 bits per heavy atom. The minimum absolute atomic E-state index is 0.0737. The van der Waals surface area contributed by atoms with Crippen LogP contribution in [0.25, 0.3) is 0 Å². The number of nitrogens with one attached hydrogen (secondary N) is 1. The number of amides is 1. The molecule has 124 valence electrons. The second kappa shape index (κ2) is 7.55. The average Bonchev–Trinajstić information content (AvgIpc) is 2.53. The molecule has 0 saturated carbocycles. The van der Waals surface area contributed by atoms with E-state index < -0.39 is 17.6 Å². The van der Waals surface area contributed by atoms with Gasteiger partial charge in [0, 0.05) is 11.2 Å². The highest BCUT2D eigenvalue weighted by Crippen LogP contribution is 2.29. The Bertz CT molecular complexity index is 788. The summed E-state index contributed by atoms with van der Waals surface area (Å²) in [6, 6.07) is 8.46. The summed E-state index contributed by atoms with van der Waals surface area (Å²) >= 11 is 6.79. The lowest BCUT2D eigenvalue weighted by atomic mass is 10.2. The van der Waals surface area contributed by atoms with Gasteiger partial charge >= 0.3 is 6.18 Å². The molecule has 0 fully saturated rings. The summed E-state index contributed by atoms with van der Waals surface area (Å²) in [6.45, 7) is 0. The minimum Gasteiger partial charge on any atom is -0.324 e. The van der Waals surface area contributed by atoms with Crippen LogP contribution in [0.15, 0.2) is 41.6 Å². The molecule has 0 atom stereocenters. The van der Waals surface area contributed by atoms with Gasteiger partial charge in [-0.15, -0.1) is 0 Å². The second-order valence-electron chi connectivity index (χ2n) is 4.52. The average molecular weight is 372 g/mol. The summed E-state index contributed by atoms with van der Waals surface area (Å²) in [5, 5.41) is 12.1. The van der Waals surface area contributed by atoms with Gasteiger partial charge in [-0.25, -0.2) is 4.98 Å². The Balaban J connectivity index is 1.97. The van der Waals surface area contributed by atoms with E-state index in [0.717, 1.165) is 17.8 Å². The molecule has 0 spiro atoms. The zero-order valence-corrected chi connectivity index (χ0v) is 13.5. The van der Waals surface area contributed by atoms with Crippen molar-refractivity contribution in [3.05, 3.63) is 52.7 Å². The smallest absolute Gasteiger partial charge is 0.324 e. The predicted molar refractivity (Wildman–Crippen MR) is 84.8 cm³/mol. The lowest BCUT2D eigenvalue weighted by Gasteiger charge is -2.08. The van der Waals surface area contributed by atoms with Crippen molar-refractivity contribution in [3.8, 4) is 6.07 Å². The van der Waals surface area contributed by atoms with Crippen LogP contribution >= 0.6 is 23.4 Å². The van der Waals surface area contributed by atoms with Crippen molar-refractivity contribution in [1.29, 1.82) is 5.26 Å². The van der Waals surface area contributed by atoms with E-state index in [0.29, 0.717) is 11.2 Å². The number of benzene rings is 1. The lowest BCUT2D eigenvalue weighted by Crippen LogP contribution is -2.15. The fourth-order valence-corrected chi connectivity index (χ4v) is 2.49. The summed E-state index contributed by atoms with van der Waals surface area (Å²) in [4.78, 5) is 15.6. The highest BCUT2D eigenvalue weighted by Gasteiger charge is 2.30. The molecule has 0 aliphatic heterocycles. The highest BCUT2D eigenvalue weighted by molar-refractivity contribution is 7.99. The fraction of sp³-hybridized carbons (Fsp3) is 0.133. The topological polar surface area (TPSA) is 65.8 Å². The molecule has 4 nitrogen and oxygen atoms in total. The molecule has 1 aromatic heterocycles. The van der Waals surface area contributed by atoms with Crippen LogP contribution in [-0.2, 0) is 11.0 Å². The Hall–Kier alpha value is -2.24. The predicted octanol–water partition coefficient (Wildman–Crippen LogP) is 4.36. The summed E-state index contributed by atoms with van der Waals surface area (Å²) in [6.07, 6.45) is -3.74. The van der Waals surface area contributed by atoms with Gasteiger partial charge in [-0.2, -0.15) is 18.4 Å². The van der Waals surface area contributed by atoms with Crippen molar-refractivity contribution in [2.45, 2.75) is 11.2 Å². The van der Waals surface area contributed by atoms with Crippen LogP contribution in [0.5, 0.6) is 0 Å². The molecule has 1 heterocycles. The maximum absolute atomic E-state index is 12.4. The SMILES string of the molecule is N#Cc1ccc(Cl)cc1NC(=O)CSc1ccc(C(F)(F)F)cn1. The zero-order chi connectivity index (χ0) is 17.7. The third-order valence-corrected chi connectivity index (χ3v) is 3.97. The van der Waals surface area contributed by atoms with E-state index in [9.17, 15) is 18.0 Å². The number of aromatic nitrogens is 1. The van der Waals surface area contributed by atoms with Crippen LogP contribution < -0.4 is 5.32 Å². The number of hydrogen-bond acceptors (Lipinski definition) is 4. The second-order valence-corrected chi connectivity index (χ2v) is 5.95. The number of nitriles is 1. The summed E-state index contributed by atoms with van der Waals surface area (Å²) in [7, 11) is 0. The molecule has 9 heteroatoms. The van der Waals surface area contributed by atoms with Crippen molar-refractivity contribution in [1.82, 2.24) is 4.98 Å². The van der Waals surface area contributed by atoms with Crippen LogP contribution in [0.4, 0.5) is 18.9 Å². The van der Waals surface area contributed by atoms with Gasteiger partial charge in [0.2, 0.25) is 5.91 Å². The van der Waals surface area contributed by atoms with E-state index in [1.54, 1.807) is 0 Å². The number of rotatable bonds is 4. The molecular formula is C15H9ClF3N3OS. The molecule has 0 bridgehead atoms. The number of alkyl halides is 3. The monoisotopic (exact) mass is 371 g/mol. The molecule has 1 aromatic carbocycles. The van der Waals surface area contributed by atoms with Crippen molar-refractivity contribution >= 4 is 35.0 Å². The zero-order valence-electron chi connectivity index (χ0n) is 11.9. The number of carbonyl (C=O) groups is 1. The number of anilines is 1. The number of hydrogen-bond donors (Lipinski definition) is 1. The van der Waals surface area contributed by atoms with Crippen LogP contribution in [0.3, 0.4) is 0 Å². The Morgan fingerprint density at radius 1 is 1.33 bits per heavy atom. The van der Waals surface area contributed by atoms with E-state index in [1.807, 2.05) is 6.07 Å². The van der Waals surface area contributed by atoms with E-state index in [-0.39, 0.29) is 22.0 Å². The van der Waals surface area contributed by atoms with Crippen LogP contribution in [0, 0.1) is 11.3 Å². The molecule has 24 heavy (non-hydrogen) atoms. The van der Waals surface area contributed by atoms with E-state index in [4.69, 9.17) is 16.9 Å². The van der Waals surface area contributed by atoms with Crippen LogP contribution in [-0.4, -0.2) is 16.6 Å². The third kappa shape index (κ3) is 4.88. The maximum atomic E-state index is 12.4. The fourth-order valence-electron chi connectivity index (χ4n) is 1.68. The van der Waals surface area contributed by atoms with Gasteiger partial charge in [-0.1, -0.05) is 23.4 Å². The largest absolute Gasteiger partial charge is 0.417 e. The first-order valence-corrected chi connectivity index (χ1v) is 7.81. The lowest BCUT2D eigenvalue weighted by molar-refractivity contribution is -0.137. The maximum Gasteiger partial charge on any atom is 0.417 e. The molecule has 1 amide bonds. The van der Waals surface area contributed by atoms with Gasteiger partial charge in [0.25, 0.3) is 0 Å². The Morgan fingerprint density at radius 2 is 2.08 bits per heavy atom. The molecule has 0 radical (unpaired) electrons. The van der Waals surface area contributed by atoms with Crippen molar-refractivity contribution in [2.75, 3.05) is 11.1 Å². The molecule has 2 aromatic rings. The number of carbonyl (C=O) groups excluding carboxylic acids is 1. The summed E-state index contributed by atoms with van der Waals surface area (Å²) in [5.41, 5.74) is -0.324. The Kier molecular flexibility index (Phi) is 5.70. The summed E-state index contributed by atoms with van der Waals surface area (Å²) < 4.78 is 37.3. The van der Waals surface area contributed by atoms with Crippen LogP contribution in [0.1, 0.15) is 11.1 Å². The van der Waals surface area contributed by atoms with Gasteiger partial charge in [0.05, 0.1) is 27.6 Å². The molecule has 0 aliphatic rings. The Labute approximate surface area is 144 Å². The van der Waals surface area contributed by atoms with E-state index in [1.165, 1.54) is 24.3 Å². The van der Waals surface area contributed by atoms with Crippen molar-refractivity contribution in [3.63, 3.8) is 0 Å². The van der Waals surface area contributed by atoms with Gasteiger partial charge in [0.15, 0.2) is 0 Å². The molecule has 0 aliphatic carbocycles. The number of halogens is 4. The molecule has 0 saturated heterocycles. The molecule has 0 unspecified atom stereocenters. The third-order valence-electron chi connectivity index (χ3n) is 2.79. The number of nitrogens with zero attached hydrogens (tertiary/aromatic N) is 2. The highest BCUT2D eigenvalue weighted by atomic mass is 35.5. The quantitative estimate of drug-likeness (QED) is 0.811. The first kappa shape index (κ1) is 18.1. The number of pyridine rings is 1. The first-order chi connectivity index (χ1) is 11.3. The number of thioether (sulfide) groups is 1. The van der Waals surface area contributed by atoms with Gasteiger partial charge in [-0.3, -0.25) is 4.79 Å². The normalized spacial score (nSPS) is 11.0. The van der Waals surface area contributed by atoms with Gasteiger partial charge in [0.1, 0.15) is 6.07 Å². The molecule has 1 N–H and O–H groups in total. The van der Waals surface area contributed by atoms with Gasteiger partial charge < -0.3 is 5.32 Å². The summed E-state index contributed by atoms with van der Waals surface area (Å²) in [5.74, 6) is -0.504. The van der Waals surface area contributed by atoms with Gasteiger partial charge in [-0.05, 0) is 30.3 Å². The minimum atomic E-state index is -4.45. The first-order valence-electron chi connectivity index (χ1n) is 6.45.